The molecule has 6 heteroatoms. The molecule has 6 nitrogen and oxygen atoms in total. The molecule has 124 valence electrons. The van der Waals surface area contributed by atoms with Gasteiger partial charge in [0.1, 0.15) is 12.3 Å². The Hall–Kier alpha value is -2.89. The first-order valence-electron chi connectivity index (χ1n) is 7.92. The highest BCUT2D eigenvalue weighted by molar-refractivity contribution is 6.03. The molecule has 1 unspecified atom stereocenters. The minimum atomic E-state index is -0.552. The van der Waals surface area contributed by atoms with Crippen molar-refractivity contribution in [1.29, 1.82) is 0 Å². The number of hydrogen-bond donors (Lipinski definition) is 1. The third-order valence-electron chi connectivity index (χ3n) is 3.83. The summed E-state index contributed by atoms with van der Waals surface area (Å²) in [5.41, 5.74) is 1.39. The predicted molar refractivity (Wildman–Crippen MR) is 89.6 cm³/mol. The summed E-state index contributed by atoms with van der Waals surface area (Å²) in [6.45, 7) is 2.18. The average Bonchev–Trinajstić information content (AvgIpc) is 2.63. The predicted octanol–water partition coefficient (Wildman–Crippen LogP) is 1.90. The smallest absolute Gasteiger partial charge is 0.268 e. The van der Waals surface area contributed by atoms with Crippen LogP contribution in [0.5, 0.6) is 5.75 Å². The summed E-state index contributed by atoms with van der Waals surface area (Å²) in [5, 5.41) is 2.79. The maximum atomic E-state index is 12.5. The first kappa shape index (κ1) is 16.0. The number of amides is 2. The summed E-state index contributed by atoms with van der Waals surface area (Å²) in [4.78, 5) is 30.4. The number of ether oxygens (including phenoxy) is 1. The van der Waals surface area contributed by atoms with E-state index in [2.05, 4.69) is 10.3 Å². The minimum Gasteiger partial charge on any atom is -0.478 e. The second kappa shape index (κ2) is 7.12. The fourth-order valence-electron chi connectivity index (χ4n) is 2.59. The molecular formula is C18H19N3O3. The molecule has 1 N–H and O–H groups in total. The van der Waals surface area contributed by atoms with Crippen LogP contribution in [0.1, 0.15) is 19.0 Å². The van der Waals surface area contributed by atoms with Crippen LogP contribution >= 0.6 is 0 Å². The van der Waals surface area contributed by atoms with Gasteiger partial charge in [-0.15, -0.1) is 0 Å². The number of aromatic nitrogens is 1. The molecule has 2 heterocycles. The van der Waals surface area contributed by atoms with Gasteiger partial charge >= 0.3 is 0 Å². The lowest BCUT2D eigenvalue weighted by Crippen LogP contribution is -2.49. The zero-order valence-electron chi connectivity index (χ0n) is 13.4. The maximum absolute atomic E-state index is 12.5. The topological polar surface area (TPSA) is 71.5 Å². The monoisotopic (exact) mass is 325 g/mol. The van der Waals surface area contributed by atoms with E-state index >= 15 is 0 Å². The van der Waals surface area contributed by atoms with Crippen LogP contribution in [0, 0.1) is 0 Å². The van der Waals surface area contributed by atoms with Crippen LogP contribution < -0.4 is 15.0 Å². The Balaban J connectivity index is 1.70. The van der Waals surface area contributed by atoms with Gasteiger partial charge < -0.3 is 10.1 Å². The molecule has 0 bridgehead atoms. The molecule has 0 spiro atoms. The van der Waals surface area contributed by atoms with Gasteiger partial charge in [-0.25, -0.2) is 0 Å². The molecule has 1 aromatic heterocycles. The number of rotatable bonds is 5. The van der Waals surface area contributed by atoms with E-state index in [9.17, 15) is 9.59 Å². The van der Waals surface area contributed by atoms with Crippen LogP contribution in [0.2, 0.25) is 0 Å². The molecule has 1 aliphatic rings. The van der Waals surface area contributed by atoms with Crippen molar-refractivity contribution >= 4 is 17.5 Å². The van der Waals surface area contributed by atoms with Crippen LogP contribution in [-0.4, -0.2) is 29.4 Å². The lowest BCUT2D eigenvalue weighted by Gasteiger charge is -2.33. The molecule has 0 aliphatic carbocycles. The van der Waals surface area contributed by atoms with Crippen LogP contribution in [0.15, 0.2) is 48.7 Å². The largest absolute Gasteiger partial charge is 0.478 e. The van der Waals surface area contributed by atoms with E-state index < -0.39 is 6.10 Å². The second-order valence-corrected chi connectivity index (χ2v) is 5.50. The van der Waals surface area contributed by atoms with E-state index in [0.717, 1.165) is 5.69 Å². The fourth-order valence-corrected chi connectivity index (χ4v) is 2.59. The van der Waals surface area contributed by atoms with E-state index in [1.165, 1.54) is 4.90 Å². The summed E-state index contributed by atoms with van der Waals surface area (Å²) in [7, 11) is 0. The van der Waals surface area contributed by atoms with Crippen molar-refractivity contribution in [3.8, 4) is 5.75 Å². The van der Waals surface area contributed by atoms with E-state index in [1.807, 2.05) is 43.3 Å². The van der Waals surface area contributed by atoms with Crippen molar-refractivity contribution in [2.24, 2.45) is 0 Å². The zero-order chi connectivity index (χ0) is 16.9. The Labute approximate surface area is 140 Å². The number of benzene rings is 1. The molecule has 0 saturated carbocycles. The number of nitrogens with zero attached hydrogens (tertiary/aromatic N) is 2. The van der Waals surface area contributed by atoms with Gasteiger partial charge in [0.2, 0.25) is 5.91 Å². The van der Waals surface area contributed by atoms with E-state index in [4.69, 9.17) is 4.74 Å². The van der Waals surface area contributed by atoms with Crippen molar-refractivity contribution in [1.82, 2.24) is 10.3 Å². The summed E-state index contributed by atoms with van der Waals surface area (Å²) >= 11 is 0. The zero-order valence-corrected chi connectivity index (χ0v) is 13.4. The summed E-state index contributed by atoms with van der Waals surface area (Å²) in [5.74, 6) is 0.200. The van der Waals surface area contributed by atoms with E-state index in [1.54, 1.807) is 12.3 Å². The van der Waals surface area contributed by atoms with Gasteiger partial charge in [-0.2, -0.15) is 0 Å². The SMILES string of the molecule is CCC1Oc2ccccc2N(CC(=O)NCc2ccccn2)C1=O. The van der Waals surface area contributed by atoms with Crippen LogP contribution in [0.3, 0.4) is 0 Å². The van der Waals surface area contributed by atoms with Gasteiger partial charge in [0.25, 0.3) is 5.91 Å². The molecule has 0 saturated heterocycles. The number of hydrogen-bond acceptors (Lipinski definition) is 4. The fraction of sp³-hybridized carbons (Fsp3) is 0.278. The van der Waals surface area contributed by atoms with Crippen LogP contribution in [0.25, 0.3) is 0 Å². The highest BCUT2D eigenvalue weighted by Crippen LogP contribution is 2.34. The molecule has 0 fully saturated rings. The lowest BCUT2D eigenvalue weighted by molar-refractivity contribution is -0.129. The molecule has 1 aromatic carbocycles. The highest BCUT2D eigenvalue weighted by Gasteiger charge is 2.34. The number of pyridine rings is 1. The molecule has 2 aromatic rings. The van der Waals surface area contributed by atoms with E-state index in [-0.39, 0.29) is 18.4 Å². The molecule has 3 rings (SSSR count). The summed E-state index contributed by atoms with van der Waals surface area (Å²) in [6.07, 6.45) is 1.68. The quantitative estimate of drug-likeness (QED) is 0.911. The van der Waals surface area contributed by atoms with Crippen molar-refractivity contribution in [2.45, 2.75) is 26.0 Å². The Morgan fingerprint density at radius 3 is 2.79 bits per heavy atom. The third-order valence-corrected chi connectivity index (χ3v) is 3.83. The van der Waals surface area contributed by atoms with Gasteiger partial charge in [0.15, 0.2) is 6.10 Å². The van der Waals surface area contributed by atoms with Gasteiger partial charge in [-0.1, -0.05) is 25.1 Å². The molecule has 1 atom stereocenters. The molecule has 1 aliphatic heterocycles. The number of anilines is 1. The maximum Gasteiger partial charge on any atom is 0.268 e. The minimum absolute atomic E-state index is 0.0391. The number of para-hydroxylation sites is 2. The number of fused-ring (bicyclic) bond motifs is 1. The van der Waals surface area contributed by atoms with Gasteiger partial charge in [0.05, 0.1) is 17.9 Å². The highest BCUT2D eigenvalue weighted by atomic mass is 16.5. The van der Waals surface area contributed by atoms with Crippen molar-refractivity contribution < 1.29 is 14.3 Å². The normalized spacial score (nSPS) is 16.3. The van der Waals surface area contributed by atoms with Crippen molar-refractivity contribution in [3.05, 3.63) is 54.4 Å². The van der Waals surface area contributed by atoms with Crippen molar-refractivity contribution in [2.75, 3.05) is 11.4 Å². The summed E-state index contributed by atoms with van der Waals surface area (Å²) < 4.78 is 5.70. The third kappa shape index (κ3) is 3.37. The van der Waals surface area contributed by atoms with Gasteiger partial charge in [-0.3, -0.25) is 19.5 Å². The first-order valence-corrected chi connectivity index (χ1v) is 7.92. The Morgan fingerprint density at radius 1 is 1.25 bits per heavy atom. The second-order valence-electron chi connectivity index (χ2n) is 5.50. The molecule has 0 radical (unpaired) electrons. The Bertz CT molecular complexity index is 733. The summed E-state index contributed by atoms with van der Waals surface area (Å²) in [6, 6.07) is 12.8. The molecule has 2 amide bonds. The first-order chi connectivity index (χ1) is 11.7. The van der Waals surface area contributed by atoms with E-state index in [0.29, 0.717) is 24.4 Å². The average molecular weight is 325 g/mol. The van der Waals surface area contributed by atoms with Gasteiger partial charge in [0, 0.05) is 6.20 Å². The lowest BCUT2D eigenvalue weighted by atomic mass is 10.1. The number of carbonyl (C=O) groups is 2. The number of nitrogens with one attached hydrogen (secondary N) is 1. The van der Waals surface area contributed by atoms with Crippen LogP contribution in [0.4, 0.5) is 5.69 Å². The molecular weight excluding hydrogens is 306 g/mol. The van der Waals surface area contributed by atoms with Crippen molar-refractivity contribution in [3.63, 3.8) is 0 Å². The Morgan fingerprint density at radius 2 is 2.04 bits per heavy atom. The van der Waals surface area contributed by atoms with Gasteiger partial charge in [-0.05, 0) is 30.7 Å². The standard InChI is InChI=1S/C18H19N3O3/c1-2-15-18(23)21(14-8-3-4-9-16(14)24-15)12-17(22)20-11-13-7-5-6-10-19-13/h3-10,15H,2,11-12H2,1H3,(H,20,22). The van der Waals surface area contributed by atoms with Crippen LogP contribution in [-0.2, 0) is 16.1 Å². The number of carbonyl (C=O) groups excluding carboxylic acids is 2. The molecule has 24 heavy (non-hydrogen) atoms. The Kier molecular flexibility index (Phi) is 4.74.